The second kappa shape index (κ2) is 7.62. The molecule has 2 rings (SSSR count). The molecule has 1 N–H and O–H groups in total. The minimum atomic E-state index is 0.0118. The van der Waals surface area contributed by atoms with Crippen LogP contribution in [0.1, 0.15) is 19.8 Å². The largest absolute Gasteiger partial charge is 0.494 e. The molecule has 1 aromatic carbocycles. The van der Waals surface area contributed by atoms with Crippen LogP contribution in [0.15, 0.2) is 24.3 Å². The summed E-state index contributed by atoms with van der Waals surface area (Å²) in [7, 11) is 0. The van der Waals surface area contributed by atoms with Crippen LogP contribution in [0.5, 0.6) is 11.5 Å². The zero-order valence-corrected chi connectivity index (χ0v) is 11.9. The minimum Gasteiger partial charge on any atom is -0.494 e. The van der Waals surface area contributed by atoms with Crippen molar-refractivity contribution in [1.82, 2.24) is 10.2 Å². The molecular formula is C15H22N2O3. The summed E-state index contributed by atoms with van der Waals surface area (Å²) in [6.45, 7) is 5.32. The quantitative estimate of drug-likeness (QED) is 0.812. The van der Waals surface area contributed by atoms with E-state index in [-0.39, 0.29) is 6.03 Å². The highest BCUT2D eigenvalue weighted by Crippen LogP contribution is 2.17. The molecule has 0 saturated carbocycles. The standard InChI is InChI=1S/C15H22N2O3/c1-2-19-13-5-7-14(8-6-13)20-12-9-16-15(18)17-10-3-4-11-17/h5-8H,2-4,9-12H2,1H3,(H,16,18). The number of nitrogens with zero attached hydrogens (tertiary/aromatic N) is 1. The highest BCUT2D eigenvalue weighted by Gasteiger charge is 2.16. The molecule has 1 saturated heterocycles. The van der Waals surface area contributed by atoms with Crippen molar-refractivity contribution in [2.75, 3.05) is 32.8 Å². The number of hydrogen-bond acceptors (Lipinski definition) is 3. The maximum Gasteiger partial charge on any atom is 0.317 e. The summed E-state index contributed by atoms with van der Waals surface area (Å²) in [5, 5.41) is 2.86. The fourth-order valence-electron chi connectivity index (χ4n) is 2.16. The zero-order valence-electron chi connectivity index (χ0n) is 11.9. The van der Waals surface area contributed by atoms with Crippen molar-refractivity contribution >= 4 is 6.03 Å². The lowest BCUT2D eigenvalue weighted by Gasteiger charge is -2.16. The number of benzene rings is 1. The van der Waals surface area contributed by atoms with E-state index < -0.39 is 0 Å². The van der Waals surface area contributed by atoms with Gasteiger partial charge < -0.3 is 19.7 Å². The monoisotopic (exact) mass is 278 g/mol. The molecule has 1 aliphatic heterocycles. The summed E-state index contributed by atoms with van der Waals surface area (Å²) in [5.74, 6) is 1.62. The molecule has 0 atom stereocenters. The number of carbonyl (C=O) groups is 1. The maximum absolute atomic E-state index is 11.7. The molecule has 0 unspecified atom stereocenters. The summed E-state index contributed by atoms with van der Waals surface area (Å²) in [4.78, 5) is 13.6. The molecule has 0 bridgehead atoms. The number of amides is 2. The number of carbonyl (C=O) groups excluding carboxylic acids is 1. The van der Waals surface area contributed by atoms with Crippen molar-refractivity contribution in [1.29, 1.82) is 0 Å². The third-order valence-electron chi connectivity index (χ3n) is 3.18. The lowest BCUT2D eigenvalue weighted by molar-refractivity contribution is 0.205. The first-order chi connectivity index (χ1) is 9.79. The Morgan fingerprint density at radius 1 is 1.15 bits per heavy atom. The van der Waals surface area contributed by atoms with Gasteiger partial charge in [-0.15, -0.1) is 0 Å². The van der Waals surface area contributed by atoms with Crippen LogP contribution in [-0.4, -0.2) is 43.8 Å². The topological polar surface area (TPSA) is 50.8 Å². The highest BCUT2D eigenvalue weighted by molar-refractivity contribution is 5.74. The third kappa shape index (κ3) is 4.33. The van der Waals surface area contributed by atoms with Crippen LogP contribution in [0.2, 0.25) is 0 Å². The molecule has 1 fully saturated rings. The molecule has 0 spiro atoms. The van der Waals surface area contributed by atoms with Gasteiger partial charge in [0.1, 0.15) is 18.1 Å². The molecule has 110 valence electrons. The number of urea groups is 1. The molecule has 1 aliphatic rings. The second-order valence-corrected chi connectivity index (χ2v) is 4.68. The van der Waals surface area contributed by atoms with Gasteiger partial charge in [0.15, 0.2) is 0 Å². The van der Waals surface area contributed by atoms with Crippen molar-refractivity contribution in [3.63, 3.8) is 0 Å². The maximum atomic E-state index is 11.7. The summed E-state index contributed by atoms with van der Waals surface area (Å²) >= 11 is 0. The first kappa shape index (κ1) is 14.5. The van der Waals surface area contributed by atoms with Gasteiger partial charge in [-0.05, 0) is 44.0 Å². The summed E-state index contributed by atoms with van der Waals surface area (Å²) in [5.41, 5.74) is 0. The van der Waals surface area contributed by atoms with Gasteiger partial charge in [0, 0.05) is 13.1 Å². The smallest absolute Gasteiger partial charge is 0.317 e. The summed E-state index contributed by atoms with van der Waals surface area (Å²) in [6.07, 6.45) is 2.21. The Hall–Kier alpha value is -1.91. The first-order valence-electron chi connectivity index (χ1n) is 7.18. The van der Waals surface area contributed by atoms with E-state index in [4.69, 9.17) is 9.47 Å². The van der Waals surface area contributed by atoms with Gasteiger partial charge in [-0.1, -0.05) is 0 Å². The van der Waals surface area contributed by atoms with Crippen LogP contribution in [0.3, 0.4) is 0 Å². The van der Waals surface area contributed by atoms with Crippen molar-refractivity contribution in [3.8, 4) is 11.5 Å². The predicted octanol–water partition coefficient (Wildman–Crippen LogP) is 2.27. The molecule has 1 heterocycles. The SMILES string of the molecule is CCOc1ccc(OCCNC(=O)N2CCCC2)cc1. The minimum absolute atomic E-state index is 0.0118. The van der Waals surface area contributed by atoms with Crippen LogP contribution in [0.25, 0.3) is 0 Å². The Labute approximate surface area is 119 Å². The van der Waals surface area contributed by atoms with E-state index in [9.17, 15) is 4.79 Å². The summed E-state index contributed by atoms with van der Waals surface area (Å²) in [6, 6.07) is 7.50. The molecule has 5 heteroatoms. The normalized spacial score (nSPS) is 14.2. The van der Waals surface area contributed by atoms with Crippen LogP contribution in [0.4, 0.5) is 4.79 Å². The van der Waals surface area contributed by atoms with Gasteiger partial charge in [-0.2, -0.15) is 0 Å². The lowest BCUT2D eigenvalue weighted by Crippen LogP contribution is -2.39. The average Bonchev–Trinajstić information content (AvgIpc) is 3.00. The molecule has 0 radical (unpaired) electrons. The number of hydrogen-bond donors (Lipinski definition) is 1. The molecule has 0 aliphatic carbocycles. The molecule has 2 amide bonds. The van der Waals surface area contributed by atoms with Gasteiger partial charge in [-0.25, -0.2) is 4.79 Å². The van der Waals surface area contributed by atoms with Crippen molar-refractivity contribution in [2.45, 2.75) is 19.8 Å². The molecule has 5 nitrogen and oxygen atoms in total. The Morgan fingerprint density at radius 2 is 1.75 bits per heavy atom. The average molecular weight is 278 g/mol. The molecule has 20 heavy (non-hydrogen) atoms. The van der Waals surface area contributed by atoms with E-state index in [2.05, 4.69) is 5.32 Å². The Morgan fingerprint density at radius 3 is 2.35 bits per heavy atom. The van der Waals surface area contributed by atoms with Crippen LogP contribution in [-0.2, 0) is 0 Å². The zero-order chi connectivity index (χ0) is 14.2. The number of likely N-dealkylation sites (tertiary alicyclic amines) is 1. The second-order valence-electron chi connectivity index (χ2n) is 4.68. The lowest BCUT2D eigenvalue weighted by atomic mass is 10.3. The number of ether oxygens (including phenoxy) is 2. The Bertz CT molecular complexity index is 414. The predicted molar refractivity (Wildman–Crippen MR) is 77.3 cm³/mol. The number of rotatable bonds is 6. The first-order valence-corrected chi connectivity index (χ1v) is 7.18. The van der Waals surface area contributed by atoms with Crippen molar-refractivity contribution < 1.29 is 14.3 Å². The Kier molecular flexibility index (Phi) is 5.53. The van der Waals surface area contributed by atoms with Gasteiger partial charge in [0.05, 0.1) is 13.2 Å². The third-order valence-corrected chi connectivity index (χ3v) is 3.18. The van der Waals surface area contributed by atoms with Crippen molar-refractivity contribution in [3.05, 3.63) is 24.3 Å². The van der Waals surface area contributed by atoms with Crippen LogP contribution >= 0.6 is 0 Å². The fourth-order valence-corrected chi connectivity index (χ4v) is 2.16. The highest BCUT2D eigenvalue weighted by atomic mass is 16.5. The van der Waals surface area contributed by atoms with E-state index in [0.29, 0.717) is 19.8 Å². The molecular weight excluding hydrogens is 256 g/mol. The van der Waals surface area contributed by atoms with Crippen molar-refractivity contribution in [2.24, 2.45) is 0 Å². The molecule has 0 aromatic heterocycles. The molecule has 1 aromatic rings. The van der Waals surface area contributed by atoms with Crippen LogP contribution in [0, 0.1) is 0 Å². The van der Waals surface area contributed by atoms with Crippen LogP contribution < -0.4 is 14.8 Å². The summed E-state index contributed by atoms with van der Waals surface area (Å²) < 4.78 is 10.9. The van der Waals surface area contributed by atoms with E-state index >= 15 is 0 Å². The van der Waals surface area contributed by atoms with E-state index in [1.807, 2.05) is 36.1 Å². The Balaban J connectivity index is 1.63. The van der Waals surface area contributed by atoms with E-state index in [1.54, 1.807) is 0 Å². The van der Waals surface area contributed by atoms with Gasteiger partial charge >= 0.3 is 6.03 Å². The van der Waals surface area contributed by atoms with E-state index in [0.717, 1.165) is 37.4 Å². The van der Waals surface area contributed by atoms with Gasteiger partial charge in [0.2, 0.25) is 0 Å². The number of nitrogens with one attached hydrogen (secondary N) is 1. The van der Waals surface area contributed by atoms with E-state index in [1.165, 1.54) is 0 Å². The van der Waals surface area contributed by atoms with Gasteiger partial charge in [-0.3, -0.25) is 0 Å². The fraction of sp³-hybridized carbons (Fsp3) is 0.533. The van der Waals surface area contributed by atoms with Gasteiger partial charge in [0.25, 0.3) is 0 Å².